The zero-order chi connectivity index (χ0) is 12.1. The normalized spacial score (nSPS) is 10.8. The highest BCUT2D eigenvalue weighted by Crippen LogP contribution is 2.37. The lowest BCUT2D eigenvalue weighted by molar-refractivity contribution is 0.351. The second-order valence-corrected chi connectivity index (χ2v) is 3.81. The smallest absolute Gasteiger partial charge is 0.170 e. The number of hydrogen-bond donors (Lipinski definition) is 1. The Balaban J connectivity index is 3.40. The van der Waals surface area contributed by atoms with Crippen molar-refractivity contribution < 1.29 is 13.9 Å². The molecule has 2 N–H and O–H groups in total. The van der Waals surface area contributed by atoms with Gasteiger partial charge in [0.1, 0.15) is 5.82 Å². The zero-order valence-corrected chi connectivity index (χ0v) is 10.7. The molecule has 5 heteroatoms. The molecule has 0 radical (unpaired) electrons. The summed E-state index contributed by atoms with van der Waals surface area (Å²) in [6, 6.07) is 1.52. The Morgan fingerprint density at radius 3 is 2.62 bits per heavy atom. The first kappa shape index (κ1) is 13.0. The second kappa shape index (κ2) is 5.86. The standard InChI is InChI=1S/C11H13BrFNO2/c1-15-9-6-8(12)10(13)7(4-3-5-14)11(9)16-2/h3-4,6H,5,14H2,1-2H3/b4-3+. The predicted octanol–water partition coefficient (Wildman–Crippen LogP) is 2.58. The van der Waals surface area contributed by atoms with Crippen molar-refractivity contribution in [2.24, 2.45) is 5.73 Å². The third-order valence-electron chi connectivity index (χ3n) is 2.02. The summed E-state index contributed by atoms with van der Waals surface area (Å²) in [5, 5.41) is 0. The van der Waals surface area contributed by atoms with Crippen molar-refractivity contribution in [3.05, 3.63) is 28.0 Å². The molecule has 0 fully saturated rings. The molecule has 3 nitrogen and oxygen atoms in total. The van der Waals surface area contributed by atoms with Crippen molar-refractivity contribution in [1.82, 2.24) is 0 Å². The molecular formula is C11H13BrFNO2. The molecule has 0 saturated carbocycles. The summed E-state index contributed by atoms with van der Waals surface area (Å²) in [5.74, 6) is 0.419. The minimum Gasteiger partial charge on any atom is -0.493 e. The number of hydrogen-bond acceptors (Lipinski definition) is 3. The van der Waals surface area contributed by atoms with E-state index in [2.05, 4.69) is 15.9 Å². The van der Waals surface area contributed by atoms with Gasteiger partial charge in [-0.05, 0) is 15.9 Å². The van der Waals surface area contributed by atoms with Crippen LogP contribution in [-0.4, -0.2) is 20.8 Å². The Labute approximate surface area is 102 Å². The highest BCUT2D eigenvalue weighted by molar-refractivity contribution is 9.10. The van der Waals surface area contributed by atoms with Crippen LogP contribution >= 0.6 is 15.9 Å². The predicted molar refractivity (Wildman–Crippen MR) is 65.3 cm³/mol. The van der Waals surface area contributed by atoms with Gasteiger partial charge in [0, 0.05) is 12.6 Å². The minimum atomic E-state index is -0.401. The van der Waals surface area contributed by atoms with Gasteiger partial charge in [0.2, 0.25) is 0 Å². The maximum atomic E-state index is 13.8. The maximum absolute atomic E-state index is 13.8. The van der Waals surface area contributed by atoms with Gasteiger partial charge in [-0.15, -0.1) is 0 Å². The van der Waals surface area contributed by atoms with Crippen molar-refractivity contribution in [2.45, 2.75) is 0 Å². The van der Waals surface area contributed by atoms with Gasteiger partial charge in [-0.3, -0.25) is 0 Å². The van der Waals surface area contributed by atoms with Gasteiger partial charge in [-0.1, -0.05) is 12.2 Å². The SMILES string of the molecule is COc1cc(Br)c(F)c(/C=C/CN)c1OC. The van der Waals surface area contributed by atoms with Crippen LogP contribution in [0.3, 0.4) is 0 Å². The van der Waals surface area contributed by atoms with Crippen LogP contribution in [0.25, 0.3) is 6.08 Å². The van der Waals surface area contributed by atoms with Gasteiger partial charge in [0.25, 0.3) is 0 Å². The first-order valence-corrected chi connectivity index (χ1v) is 5.41. The number of methoxy groups -OCH3 is 2. The Bertz CT molecular complexity index is 407. The number of rotatable bonds is 4. The lowest BCUT2D eigenvalue weighted by atomic mass is 10.1. The highest BCUT2D eigenvalue weighted by Gasteiger charge is 2.16. The molecule has 88 valence electrons. The van der Waals surface area contributed by atoms with Crippen LogP contribution < -0.4 is 15.2 Å². The van der Waals surface area contributed by atoms with E-state index in [0.717, 1.165) is 0 Å². The first-order chi connectivity index (χ1) is 7.65. The van der Waals surface area contributed by atoms with Crippen LogP contribution in [0.4, 0.5) is 4.39 Å². The largest absolute Gasteiger partial charge is 0.493 e. The number of nitrogens with two attached hydrogens (primary N) is 1. The van der Waals surface area contributed by atoms with E-state index in [-0.39, 0.29) is 0 Å². The summed E-state index contributed by atoms with van der Waals surface area (Å²) in [4.78, 5) is 0. The van der Waals surface area contributed by atoms with Crippen molar-refractivity contribution >= 4 is 22.0 Å². The zero-order valence-electron chi connectivity index (χ0n) is 9.09. The Morgan fingerprint density at radius 1 is 1.44 bits per heavy atom. The van der Waals surface area contributed by atoms with Crippen molar-refractivity contribution in [3.63, 3.8) is 0 Å². The molecule has 1 rings (SSSR count). The van der Waals surface area contributed by atoms with Gasteiger partial charge in [0.15, 0.2) is 11.5 Å². The van der Waals surface area contributed by atoms with Gasteiger partial charge in [-0.25, -0.2) is 4.39 Å². The quantitative estimate of drug-likeness (QED) is 0.927. The number of ether oxygens (including phenoxy) is 2. The van der Waals surface area contributed by atoms with Crippen LogP contribution in [0.15, 0.2) is 16.6 Å². The molecule has 16 heavy (non-hydrogen) atoms. The van der Waals surface area contributed by atoms with Crippen molar-refractivity contribution in [1.29, 1.82) is 0 Å². The molecule has 0 aliphatic carbocycles. The fourth-order valence-electron chi connectivity index (χ4n) is 1.30. The van der Waals surface area contributed by atoms with Gasteiger partial charge in [0.05, 0.1) is 24.3 Å². The molecule has 0 heterocycles. The Morgan fingerprint density at radius 2 is 2.12 bits per heavy atom. The third-order valence-corrected chi connectivity index (χ3v) is 2.59. The van der Waals surface area contributed by atoms with Gasteiger partial charge in [-0.2, -0.15) is 0 Å². The summed E-state index contributed by atoms with van der Waals surface area (Å²) in [6.45, 7) is 0.331. The summed E-state index contributed by atoms with van der Waals surface area (Å²) >= 11 is 3.12. The van der Waals surface area contributed by atoms with E-state index in [1.807, 2.05) is 0 Å². The second-order valence-electron chi connectivity index (χ2n) is 2.96. The molecule has 0 aliphatic heterocycles. The topological polar surface area (TPSA) is 44.5 Å². The summed E-state index contributed by atoms with van der Waals surface area (Å²) in [6.07, 6.45) is 3.22. The van der Waals surface area contributed by atoms with E-state index >= 15 is 0 Å². The molecule has 0 aromatic heterocycles. The van der Waals surface area contributed by atoms with E-state index in [4.69, 9.17) is 15.2 Å². The third kappa shape index (κ3) is 2.54. The molecular weight excluding hydrogens is 277 g/mol. The first-order valence-electron chi connectivity index (χ1n) is 4.62. The van der Waals surface area contributed by atoms with Crippen LogP contribution in [-0.2, 0) is 0 Å². The summed E-state index contributed by atoms with van der Waals surface area (Å²) < 4.78 is 24.4. The van der Waals surface area contributed by atoms with Crippen LogP contribution in [0.5, 0.6) is 11.5 Å². The molecule has 0 saturated heterocycles. The lowest BCUT2D eigenvalue weighted by Gasteiger charge is -2.12. The average Bonchev–Trinajstić information content (AvgIpc) is 2.30. The van der Waals surface area contributed by atoms with E-state index in [1.54, 1.807) is 12.2 Å². The monoisotopic (exact) mass is 289 g/mol. The molecule has 0 amide bonds. The van der Waals surface area contributed by atoms with Crippen LogP contribution in [0.1, 0.15) is 5.56 Å². The molecule has 0 unspecified atom stereocenters. The molecule has 0 bridgehead atoms. The number of benzene rings is 1. The average molecular weight is 290 g/mol. The molecule has 0 spiro atoms. The van der Waals surface area contributed by atoms with Crippen molar-refractivity contribution in [2.75, 3.05) is 20.8 Å². The van der Waals surface area contributed by atoms with E-state index in [1.165, 1.54) is 20.3 Å². The maximum Gasteiger partial charge on any atom is 0.170 e. The Hall–Kier alpha value is -1.07. The van der Waals surface area contributed by atoms with Crippen molar-refractivity contribution in [3.8, 4) is 11.5 Å². The molecule has 1 aromatic rings. The fourth-order valence-corrected chi connectivity index (χ4v) is 1.72. The fraction of sp³-hybridized carbons (Fsp3) is 0.273. The van der Waals surface area contributed by atoms with Gasteiger partial charge >= 0.3 is 0 Å². The van der Waals surface area contributed by atoms with E-state index < -0.39 is 5.82 Å². The summed E-state index contributed by atoms with van der Waals surface area (Å²) in [5.41, 5.74) is 5.65. The van der Waals surface area contributed by atoms with Gasteiger partial charge < -0.3 is 15.2 Å². The molecule has 0 aliphatic rings. The Kier molecular flexibility index (Phi) is 4.76. The summed E-state index contributed by atoms with van der Waals surface area (Å²) in [7, 11) is 2.96. The van der Waals surface area contributed by atoms with E-state index in [0.29, 0.717) is 28.1 Å². The lowest BCUT2D eigenvalue weighted by Crippen LogP contribution is -1.98. The number of halogens is 2. The molecule has 0 atom stereocenters. The highest BCUT2D eigenvalue weighted by atomic mass is 79.9. The van der Waals surface area contributed by atoms with Crippen LogP contribution in [0, 0.1) is 5.82 Å². The molecule has 1 aromatic carbocycles. The van der Waals surface area contributed by atoms with E-state index in [9.17, 15) is 4.39 Å². The van der Waals surface area contributed by atoms with Crippen LogP contribution in [0.2, 0.25) is 0 Å². The minimum absolute atomic E-state index is 0.319.